The van der Waals surface area contributed by atoms with Crippen LogP contribution in [0.25, 0.3) is 0 Å². The Bertz CT molecular complexity index is 256. The molecule has 0 N–H and O–H groups in total. The van der Waals surface area contributed by atoms with Crippen LogP contribution in [-0.4, -0.2) is 22.8 Å². The highest BCUT2D eigenvalue weighted by Gasteiger charge is 2.78. The quantitative estimate of drug-likeness (QED) is 0.683. The standard InChI is InChI=1S/C12H20O2Si/c1-13-15(14-2,11-7-3-4-8(7)11)12-9-5-6-10(9)12/h7-12H,3-6H2,1-2H3. The molecule has 0 heterocycles. The van der Waals surface area contributed by atoms with Gasteiger partial charge in [0, 0.05) is 25.3 Å². The summed E-state index contributed by atoms with van der Waals surface area (Å²) in [4.78, 5) is 0. The second-order valence-corrected chi connectivity index (χ2v) is 9.58. The summed E-state index contributed by atoms with van der Waals surface area (Å²) in [5, 5.41) is 0. The molecule has 0 aromatic heterocycles. The summed E-state index contributed by atoms with van der Waals surface area (Å²) in [5.74, 6) is 4.04. The molecule has 4 atom stereocenters. The molecule has 4 rings (SSSR count). The van der Waals surface area contributed by atoms with Crippen LogP contribution in [-0.2, 0) is 8.85 Å². The van der Waals surface area contributed by atoms with Gasteiger partial charge in [0.2, 0.25) is 0 Å². The summed E-state index contributed by atoms with van der Waals surface area (Å²) in [7, 11) is 2.04. The van der Waals surface area contributed by atoms with Gasteiger partial charge in [0.1, 0.15) is 0 Å². The van der Waals surface area contributed by atoms with Gasteiger partial charge in [0.05, 0.1) is 0 Å². The van der Waals surface area contributed by atoms with Gasteiger partial charge in [-0.15, -0.1) is 0 Å². The lowest BCUT2D eigenvalue weighted by molar-refractivity contribution is 0.234. The minimum Gasteiger partial charge on any atom is -0.397 e. The van der Waals surface area contributed by atoms with E-state index >= 15 is 0 Å². The van der Waals surface area contributed by atoms with Crippen LogP contribution in [0.2, 0.25) is 11.1 Å². The van der Waals surface area contributed by atoms with E-state index in [0.717, 1.165) is 34.8 Å². The molecule has 2 nitrogen and oxygen atoms in total. The zero-order valence-corrected chi connectivity index (χ0v) is 10.6. The third-order valence-electron chi connectivity index (χ3n) is 5.90. The van der Waals surface area contributed by atoms with Crippen LogP contribution in [0.1, 0.15) is 25.7 Å². The van der Waals surface area contributed by atoms with E-state index in [0.29, 0.717) is 0 Å². The predicted octanol–water partition coefficient (Wildman–Crippen LogP) is 2.54. The number of hydrogen-bond donors (Lipinski definition) is 0. The van der Waals surface area contributed by atoms with Crippen molar-refractivity contribution >= 4 is 8.56 Å². The Morgan fingerprint density at radius 2 is 1.07 bits per heavy atom. The highest BCUT2D eigenvalue weighted by Crippen LogP contribution is 2.79. The first-order valence-corrected chi connectivity index (χ1v) is 8.41. The zero-order chi connectivity index (χ0) is 10.2. The lowest BCUT2D eigenvalue weighted by atomic mass is 10.0. The SMILES string of the molecule is CO[Si](OC)(C1C2CCC21)C1C2CCC21. The Morgan fingerprint density at radius 1 is 0.733 bits per heavy atom. The fourth-order valence-electron chi connectivity index (χ4n) is 4.75. The van der Waals surface area contributed by atoms with Crippen LogP contribution in [0.4, 0.5) is 0 Å². The maximum absolute atomic E-state index is 6.01. The highest BCUT2D eigenvalue weighted by molar-refractivity contribution is 6.72. The molecule has 0 bridgehead atoms. The Hall–Kier alpha value is 0.137. The second-order valence-electron chi connectivity index (χ2n) is 5.99. The molecule has 0 aliphatic heterocycles. The molecule has 4 saturated carbocycles. The molecule has 0 aromatic rings. The summed E-state index contributed by atoms with van der Waals surface area (Å²) in [5.41, 5.74) is 1.76. The zero-order valence-electron chi connectivity index (χ0n) is 9.61. The lowest BCUT2D eigenvalue weighted by Crippen LogP contribution is -2.43. The number of rotatable bonds is 4. The molecule has 4 aliphatic carbocycles. The molecule has 0 amide bonds. The maximum atomic E-state index is 6.01. The van der Waals surface area contributed by atoms with Gasteiger partial charge >= 0.3 is 8.56 Å². The first-order valence-electron chi connectivity index (χ1n) is 6.44. The molecule has 4 fully saturated rings. The summed E-state index contributed by atoms with van der Waals surface area (Å²) >= 11 is 0. The average molecular weight is 224 g/mol. The Kier molecular flexibility index (Phi) is 1.65. The largest absolute Gasteiger partial charge is 0.397 e. The normalized spacial score (nSPS) is 54.8. The summed E-state index contributed by atoms with van der Waals surface area (Å²) < 4.78 is 12.0. The first kappa shape index (κ1) is 9.20. The van der Waals surface area contributed by atoms with E-state index in [9.17, 15) is 0 Å². The smallest absolute Gasteiger partial charge is 0.345 e. The van der Waals surface area contributed by atoms with Crippen molar-refractivity contribution in [3.8, 4) is 0 Å². The lowest BCUT2D eigenvalue weighted by Gasteiger charge is -2.28. The van der Waals surface area contributed by atoms with Crippen LogP contribution in [0.5, 0.6) is 0 Å². The average Bonchev–Trinajstić information content (AvgIpc) is 2.88. The van der Waals surface area contributed by atoms with Crippen LogP contribution >= 0.6 is 0 Å². The molecule has 4 unspecified atom stereocenters. The van der Waals surface area contributed by atoms with Gasteiger partial charge in [-0.1, -0.05) is 0 Å². The van der Waals surface area contributed by atoms with Gasteiger partial charge in [-0.2, -0.15) is 0 Å². The minimum atomic E-state index is -1.80. The van der Waals surface area contributed by atoms with Crippen molar-refractivity contribution in [3.63, 3.8) is 0 Å². The molecule has 84 valence electrons. The molecule has 4 aliphatic rings. The van der Waals surface area contributed by atoms with Crippen LogP contribution in [0.3, 0.4) is 0 Å². The minimum absolute atomic E-state index is 0.878. The molecule has 0 aromatic carbocycles. The van der Waals surface area contributed by atoms with Crippen molar-refractivity contribution in [3.05, 3.63) is 0 Å². The van der Waals surface area contributed by atoms with Gasteiger partial charge in [-0.25, -0.2) is 0 Å². The fraction of sp³-hybridized carbons (Fsp3) is 1.00. The molecule has 3 heteroatoms. The van der Waals surface area contributed by atoms with E-state index in [1.165, 1.54) is 25.7 Å². The van der Waals surface area contributed by atoms with Gasteiger partial charge in [0.15, 0.2) is 0 Å². The van der Waals surface area contributed by atoms with Crippen molar-refractivity contribution in [2.24, 2.45) is 23.7 Å². The summed E-state index contributed by atoms with van der Waals surface area (Å²) in [6.45, 7) is 0. The van der Waals surface area contributed by atoms with E-state index in [1.807, 2.05) is 14.2 Å². The van der Waals surface area contributed by atoms with Gasteiger partial charge in [-0.05, 0) is 49.4 Å². The molecule has 0 spiro atoms. The van der Waals surface area contributed by atoms with Gasteiger partial charge in [-0.3, -0.25) is 0 Å². The van der Waals surface area contributed by atoms with E-state index in [2.05, 4.69) is 0 Å². The maximum Gasteiger partial charge on any atom is 0.345 e. The van der Waals surface area contributed by atoms with Crippen molar-refractivity contribution in [2.75, 3.05) is 14.2 Å². The van der Waals surface area contributed by atoms with Crippen LogP contribution in [0.15, 0.2) is 0 Å². The molecular formula is C12H20O2Si. The molecule has 0 saturated heterocycles. The van der Waals surface area contributed by atoms with E-state index in [1.54, 1.807) is 0 Å². The first-order chi connectivity index (χ1) is 7.33. The van der Waals surface area contributed by atoms with Crippen molar-refractivity contribution in [1.29, 1.82) is 0 Å². The predicted molar refractivity (Wildman–Crippen MR) is 59.7 cm³/mol. The van der Waals surface area contributed by atoms with E-state index in [-0.39, 0.29) is 0 Å². The second kappa shape index (κ2) is 2.69. The Balaban J connectivity index is 1.61. The van der Waals surface area contributed by atoms with E-state index in [4.69, 9.17) is 8.85 Å². The highest BCUT2D eigenvalue weighted by atomic mass is 28.4. The van der Waals surface area contributed by atoms with Crippen molar-refractivity contribution < 1.29 is 8.85 Å². The monoisotopic (exact) mass is 224 g/mol. The molecule has 15 heavy (non-hydrogen) atoms. The summed E-state index contributed by atoms with van der Waals surface area (Å²) in [6.07, 6.45) is 5.83. The number of hydrogen-bond acceptors (Lipinski definition) is 2. The van der Waals surface area contributed by atoms with Gasteiger partial charge in [0.25, 0.3) is 0 Å². The number of fused-ring (bicyclic) bond motifs is 2. The third kappa shape index (κ3) is 0.899. The van der Waals surface area contributed by atoms with Crippen LogP contribution < -0.4 is 0 Å². The van der Waals surface area contributed by atoms with Crippen LogP contribution in [0, 0.1) is 23.7 Å². The van der Waals surface area contributed by atoms with Crippen molar-refractivity contribution in [2.45, 2.75) is 36.8 Å². The molecule has 0 radical (unpaired) electrons. The van der Waals surface area contributed by atoms with Gasteiger partial charge < -0.3 is 8.85 Å². The fourth-order valence-corrected chi connectivity index (χ4v) is 10.3. The van der Waals surface area contributed by atoms with Crippen molar-refractivity contribution in [1.82, 2.24) is 0 Å². The van der Waals surface area contributed by atoms with E-state index < -0.39 is 8.56 Å². The Labute approximate surface area is 92.6 Å². The summed E-state index contributed by atoms with van der Waals surface area (Å²) in [6, 6.07) is 0. The third-order valence-corrected chi connectivity index (χ3v) is 10.7. The topological polar surface area (TPSA) is 18.5 Å². The molecular weight excluding hydrogens is 204 g/mol. The Morgan fingerprint density at radius 3 is 1.27 bits per heavy atom.